The van der Waals surface area contributed by atoms with Crippen molar-refractivity contribution in [2.24, 2.45) is 0 Å². The summed E-state index contributed by atoms with van der Waals surface area (Å²) in [5, 5.41) is 7.83. The van der Waals surface area contributed by atoms with Gasteiger partial charge in [-0.3, -0.25) is 4.79 Å². The highest BCUT2D eigenvalue weighted by Gasteiger charge is 2.25. The molecule has 0 saturated heterocycles. The van der Waals surface area contributed by atoms with Gasteiger partial charge in [-0.05, 0) is 42.8 Å². The van der Waals surface area contributed by atoms with E-state index in [4.69, 9.17) is 9.84 Å². The number of benzene rings is 2. The van der Waals surface area contributed by atoms with Crippen LogP contribution in [-0.4, -0.2) is 22.8 Å². The maximum atomic E-state index is 12.8. The number of aryl methyl sites for hydroxylation is 1. The van der Waals surface area contributed by atoms with Gasteiger partial charge >= 0.3 is 0 Å². The lowest BCUT2D eigenvalue weighted by atomic mass is 10.2. The number of para-hydroxylation sites is 1. The smallest absolute Gasteiger partial charge is 0.256 e. The first-order chi connectivity index (χ1) is 12.7. The van der Waals surface area contributed by atoms with E-state index in [0.717, 1.165) is 45.6 Å². The number of carbonyl (C=O) groups excluding carboxylic acids is 1. The van der Waals surface area contributed by atoms with Crippen LogP contribution in [0.1, 0.15) is 27.2 Å². The van der Waals surface area contributed by atoms with E-state index < -0.39 is 0 Å². The average Bonchev–Trinajstić information content (AvgIpc) is 3.25. The van der Waals surface area contributed by atoms with E-state index in [1.807, 2.05) is 47.6 Å². The SMILES string of the molecule is COc1ccc(C(=O)Nc2c3c(nn2-c2ccccc2C)CSC3)cc1. The van der Waals surface area contributed by atoms with E-state index in [1.165, 1.54) is 0 Å². The summed E-state index contributed by atoms with van der Waals surface area (Å²) in [4.78, 5) is 12.8. The Kier molecular flexibility index (Phi) is 4.42. The molecule has 0 saturated carbocycles. The highest BCUT2D eigenvalue weighted by atomic mass is 32.2. The van der Waals surface area contributed by atoms with Crippen molar-refractivity contribution in [3.05, 3.63) is 70.9 Å². The molecule has 0 spiro atoms. The molecule has 1 aliphatic rings. The predicted octanol–water partition coefficient (Wildman–Crippen LogP) is 4.19. The number of ether oxygens (including phenoxy) is 1. The quantitative estimate of drug-likeness (QED) is 0.753. The third-order valence-electron chi connectivity index (χ3n) is 4.48. The van der Waals surface area contributed by atoms with Crippen LogP contribution in [0.2, 0.25) is 0 Å². The van der Waals surface area contributed by atoms with Crippen molar-refractivity contribution in [1.82, 2.24) is 9.78 Å². The van der Waals surface area contributed by atoms with E-state index in [-0.39, 0.29) is 5.91 Å². The van der Waals surface area contributed by atoms with Crippen LogP contribution in [0, 0.1) is 6.92 Å². The molecule has 0 fully saturated rings. The Morgan fingerprint density at radius 2 is 1.92 bits per heavy atom. The van der Waals surface area contributed by atoms with Gasteiger partial charge in [0.25, 0.3) is 5.91 Å². The third-order valence-corrected chi connectivity index (χ3v) is 5.45. The van der Waals surface area contributed by atoms with Gasteiger partial charge in [0, 0.05) is 22.6 Å². The van der Waals surface area contributed by atoms with Crippen LogP contribution in [-0.2, 0) is 11.5 Å². The molecule has 6 heteroatoms. The van der Waals surface area contributed by atoms with Crippen molar-refractivity contribution in [2.45, 2.75) is 18.4 Å². The first-order valence-corrected chi connectivity index (χ1v) is 9.53. The van der Waals surface area contributed by atoms with E-state index in [1.54, 1.807) is 31.4 Å². The molecule has 26 heavy (non-hydrogen) atoms. The Labute approximate surface area is 156 Å². The van der Waals surface area contributed by atoms with Gasteiger partial charge < -0.3 is 10.1 Å². The fraction of sp³-hybridized carbons (Fsp3) is 0.200. The first-order valence-electron chi connectivity index (χ1n) is 8.37. The first kappa shape index (κ1) is 16.7. The molecule has 1 aliphatic heterocycles. The Morgan fingerprint density at radius 1 is 1.15 bits per heavy atom. The molecule has 0 unspecified atom stereocenters. The van der Waals surface area contributed by atoms with Crippen LogP contribution in [0.5, 0.6) is 5.75 Å². The number of rotatable bonds is 4. The van der Waals surface area contributed by atoms with Gasteiger partial charge in [-0.2, -0.15) is 16.9 Å². The Hall–Kier alpha value is -2.73. The lowest BCUT2D eigenvalue weighted by molar-refractivity contribution is 0.102. The van der Waals surface area contributed by atoms with Gasteiger partial charge in [0.15, 0.2) is 0 Å². The molecule has 0 aliphatic carbocycles. The zero-order chi connectivity index (χ0) is 18.1. The van der Waals surface area contributed by atoms with Crippen molar-refractivity contribution in [3.8, 4) is 11.4 Å². The number of methoxy groups -OCH3 is 1. The molecule has 5 nitrogen and oxygen atoms in total. The van der Waals surface area contributed by atoms with E-state index in [2.05, 4.69) is 5.32 Å². The fourth-order valence-corrected chi connectivity index (χ4v) is 4.07. The third kappa shape index (κ3) is 2.97. The molecule has 4 rings (SSSR count). The maximum absolute atomic E-state index is 12.8. The van der Waals surface area contributed by atoms with Crippen molar-refractivity contribution < 1.29 is 9.53 Å². The van der Waals surface area contributed by atoms with Crippen LogP contribution in [0.15, 0.2) is 48.5 Å². The largest absolute Gasteiger partial charge is 0.497 e. The summed E-state index contributed by atoms with van der Waals surface area (Å²) in [6.45, 7) is 2.05. The molecular weight excluding hydrogens is 346 g/mol. The van der Waals surface area contributed by atoms with Gasteiger partial charge in [-0.25, -0.2) is 4.68 Å². The predicted molar refractivity (Wildman–Crippen MR) is 104 cm³/mol. The molecule has 1 aromatic heterocycles. The second kappa shape index (κ2) is 6.88. The molecule has 0 atom stereocenters. The summed E-state index contributed by atoms with van der Waals surface area (Å²) in [5.41, 5.74) is 4.84. The topological polar surface area (TPSA) is 56.1 Å². The average molecular weight is 365 g/mol. The lowest BCUT2D eigenvalue weighted by Gasteiger charge is -2.13. The standard InChI is InChI=1S/C20H19N3O2S/c1-13-5-3-4-6-18(13)23-19(16-11-26-12-17(16)22-23)21-20(24)14-7-9-15(25-2)10-8-14/h3-10H,11-12H2,1-2H3,(H,21,24). The number of nitrogens with one attached hydrogen (secondary N) is 1. The second-order valence-electron chi connectivity index (χ2n) is 6.15. The maximum Gasteiger partial charge on any atom is 0.256 e. The minimum Gasteiger partial charge on any atom is -0.497 e. The number of hydrogen-bond donors (Lipinski definition) is 1. The number of thioether (sulfide) groups is 1. The van der Waals surface area contributed by atoms with Crippen LogP contribution < -0.4 is 10.1 Å². The number of anilines is 1. The van der Waals surface area contributed by atoms with Crippen LogP contribution >= 0.6 is 11.8 Å². The van der Waals surface area contributed by atoms with Crippen LogP contribution in [0.4, 0.5) is 5.82 Å². The minimum absolute atomic E-state index is 0.151. The molecule has 0 radical (unpaired) electrons. The van der Waals surface area contributed by atoms with Gasteiger partial charge in [0.05, 0.1) is 18.5 Å². The summed E-state index contributed by atoms with van der Waals surface area (Å²) in [6, 6.07) is 15.1. The van der Waals surface area contributed by atoms with E-state index >= 15 is 0 Å². The summed E-state index contributed by atoms with van der Waals surface area (Å²) < 4.78 is 7.02. The molecule has 1 amide bonds. The number of hydrogen-bond acceptors (Lipinski definition) is 4. The molecule has 0 bridgehead atoms. The molecule has 2 heterocycles. The molecule has 2 aromatic carbocycles. The number of nitrogens with zero attached hydrogens (tertiary/aromatic N) is 2. The fourth-order valence-electron chi connectivity index (χ4n) is 3.04. The normalized spacial score (nSPS) is 12.7. The summed E-state index contributed by atoms with van der Waals surface area (Å²) in [7, 11) is 1.61. The zero-order valence-electron chi connectivity index (χ0n) is 14.7. The van der Waals surface area contributed by atoms with Crippen molar-refractivity contribution in [3.63, 3.8) is 0 Å². The van der Waals surface area contributed by atoms with Crippen molar-refractivity contribution >= 4 is 23.5 Å². The number of fused-ring (bicyclic) bond motifs is 1. The van der Waals surface area contributed by atoms with E-state index in [0.29, 0.717) is 5.56 Å². The van der Waals surface area contributed by atoms with Crippen LogP contribution in [0.25, 0.3) is 5.69 Å². The summed E-state index contributed by atoms with van der Waals surface area (Å²) in [5.74, 6) is 3.07. The summed E-state index contributed by atoms with van der Waals surface area (Å²) in [6.07, 6.45) is 0. The number of aromatic nitrogens is 2. The number of amides is 1. The van der Waals surface area contributed by atoms with Gasteiger partial charge in [-0.1, -0.05) is 18.2 Å². The Balaban J connectivity index is 1.71. The molecule has 132 valence electrons. The Bertz CT molecular complexity index is 964. The number of carbonyl (C=O) groups is 1. The van der Waals surface area contributed by atoms with Gasteiger partial charge in [0.2, 0.25) is 0 Å². The van der Waals surface area contributed by atoms with Gasteiger partial charge in [-0.15, -0.1) is 0 Å². The highest BCUT2D eigenvalue weighted by Crippen LogP contribution is 2.36. The molecule has 1 N–H and O–H groups in total. The second-order valence-corrected chi connectivity index (χ2v) is 7.13. The highest BCUT2D eigenvalue weighted by molar-refractivity contribution is 7.98. The van der Waals surface area contributed by atoms with Crippen LogP contribution in [0.3, 0.4) is 0 Å². The molecule has 3 aromatic rings. The zero-order valence-corrected chi connectivity index (χ0v) is 15.5. The van der Waals surface area contributed by atoms with E-state index in [9.17, 15) is 4.79 Å². The Morgan fingerprint density at radius 3 is 2.65 bits per heavy atom. The lowest BCUT2D eigenvalue weighted by Crippen LogP contribution is -2.16. The molecular formula is C20H19N3O2S. The van der Waals surface area contributed by atoms with Crippen molar-refractivity contribution in [2.75, 3.05) is 12.4 Å². The van der Waals surface area contributed by atoms with Crippen molar-refractivity contribution in [1.29, 1.82) is 0 Å². The summed E-state index contributed by atoms with van der Waals surface area (Å²) >= 11 is 1.82. The van der Waals surface area contributed by atoms with Gasteiger partial charge in [0.1, 0.15) is 11.6 Å². The minimum atomic E-state index is -0.151. The monoisotopic (exact) mass is 365 g/mol.